The van der Waals surface area contributed by atoms with Gasteiger partial charge in [-0.05, 0) is 43.0 Å². The molecule has 1 atom stereocenters. The van der Waals surface area contributed by atoms with Gasteiger partial charge in [0.1, 0.15) is 6.04 Å². The number of carbonyl (C=O) groups excluding carboxylic acids is 4. The van der Waals surface area contributed by atoms with Crippen molar-refractivity contribution in [1.82, 2.24) is 4.90 Å². The molecule has 2 aromatic rings. The van der Waals surface area contributed by atoms with Crippen LogP contribution < -0.4 is 5.32 Å². The highest BCUT2D eigenvalue weighted by Crippen LogP contribution is 2.27. The Balaban J connectivity index is 1.71. The van der Waals surface area contributed by atoms with Gasteiger partial charge in [0, 0.05) is 5.69 Å². The molecule has 1 heterocycles. The second kappa shape index (κ2) is 8.49. The summed E-state index contributed by atoms with van der Waals surface area (Å²) < 4.78 is 5.19. The van der Waals surface area contributed by atoms with Crippen molar-refractivity contribution in [1.29, 1.82) is 0 Å². The first kappa shape index (κ1) is 21.2. The predicted molar refractivity (Wildman–Crippen MR) is 111 cm³/mol. The van der Waals surface area contributed by atoms with Crippen LogP contribution in [0.3, 0.4) is 0 Å². The molecule has 3 rings (SSSR count). The number of nitrogens with zero attached hydrogens (tertiary/aromatic N) is 1. The van der Waals surface area contributed by atoms with E-state index in [1.807, 2.05) is 32.0 Å². The highest BCUT2D eigenvalue weighted by Gasteiger charge is 2.44. The van der Waals surface area contributed by atoms with E-state index in [2.05, 4.69) is 5.32 Å². The van der Waals surface area contributed by atoms with Crippen molar-refractivity contribution in [3.8, 4) is 0 Å². The Bertz CT molecular complexity index is 973. The summed E-state index contributed by atoms with van der Waals surface area (Å²) in [7, 11) is 0. The molecule has 156 valence electrons. The molecule has 0 saturated carbocycles. The minimum absolute atomic E-state index is 0.258. The van der Waals surface area contributed by atoms with E-state index in [0.29, 0.717) is 5.69 Å². The standard InChI is InChI=1S/C23H24N2O5/c1-13(2)20(25-21(27)16-10-5-6-11-17(16)22(25)28)23(29)30-12-18(26)24-19-14(3)8-7-9-15(19)4/h5-11,13,20H,12H2,1-4H3,(H,24,26)/t20-/m1/s1. The Labute approximate surface area is 175 Å². The lowest BCUT2D eigenvalue weighted by molar-refractivity contribution is -0.152. The van der Waals surface area contributed by atoms with E-state index in [4.69, 9.17) is 4.74 Å². The first-order valence-corrected chi connectivity index (χ1v) is 9.72. The predicted octanol–water partition coefficient (Wildman–Crippen LogP) is 3.11. The minimum atomic E-state index is -1.12. The number of fused-ring (bicyclic) bond motifs is 1. The molecular formula is C23H24N2O5. The number of anilines is 1. The molecule has 7 heteroatoms. The summed E-state index contributed by atoms with van der Waals surface area (Å²) in [5.74, 6) is -2.75. The largest absolute Gasteiger partial charge is 0.454 e. The first-order valence-electron chi connectivity index (χ1n) is 9.72. The fourth-order valence-electron chi connectivity index (χ4n) is 3.55. The molecule has 1 N–H and O–H groups in total. The second-order valence-corrected chi connectivity index (χ2v) is 7.64. The van der Waals surface area contributed by atoms with Crippen LogP contribution in [-0.2, 0) is 14.3 Å². The molecule has 0 spiro atoms. The summed E-state index contributed by atoms with van der Waals surface area (Å²) in [5, 5.41) is 2.74. The van der Waals surface area contributed by atoms with Gasteiger partial charge in [-0.15, -0.1) is 0 Å². The molecule has 0 saturated heterocycles. The number of rotatable bonds is 6. The van der Waals surface area contributed by atoms with E-state index in [1.165, 1.54) is 0 Å². The zero-order valence-corrected chi connectivity index (χ0v) is 17.4. The lowest BCUT2D eigenvalue weighted by Gasteiger charge is -2.27. The van der Waals surface area contributed by atoms with Crippen LogP contribution in [0.2, 0.25) is 0 Å². The molecule has 7 nitrogen and oxygen atoms in total. The van der Waals surface area contributed by atoms with Gasteiger partial charge >= 0.3 is 5.97 Å². The highest BCUT2D eigenvalue weighted by atomic mass is 16.5. The lowest BCUT2D eigenvalue weighted by atomic mass is 10.0. The van der Waals surface area contributed by atoms with E-state index in [0.717, 1.165) is 16.0 Å². The third-order valence-corrected chi connectivity index (χ3v) is 5.07. The van der Waals surface area contributed by atoms with Crippen LogP contribution in [0.1, 0.15) is 45.7 Å². The SMILES string of the molecule is Cc1cccc(C)c1NC(=O)COC(=O)[C@@H](C(C)C)N1C(=O)c2ccccc2C1=O. The summed E-state index contributed by atoms with van der Waals surface area (Å²) in [4.78, 5) is 51.5. The van der Waals surface area contributed by atoms with Crippen molar-refractivity contribution in [3.63, 3.8) is 0 Å². The molecule has 30 heavy (non-hydrogen) atoms. The topological polar surface area (TPSA) is 92.8 Å². The fourth-order valence-corrected chi connectivity index (χ4v) is 3.55. The maximum absolute atomic E-state index is 12.8. The van der Waals surface area contributed by atoms with Gasteiger partial charge < -0.3 is 10.1 Å². The quantitative estimate of drug-likeness (QED) is 0.586. The number of nitrogens with one attached hydrogen (secondary N) is 1. The number of hydrogen-bond acceptors (Lipinski definition) is 5. The molecule has 0 unspecified atom stereocenters. The Morgan fingerprint density at radius 2 is 1.47 bits per heavy atom. The van der Waals surface area contributed by atoms with Crippen molar-refractivity contribution < 1.29 is 23.9 Å². The number of imide groups is 1. The number of benzene rings is 2. The Morgan fingerprint density at radius 1 is 0.933 bits per heavy atom. The van der Waals surface area contributed by atoms with Crippen molar-refractivity contribution in [3.05, 3.63) is 64.7 Å². The Hall–Kier alpha value is -3.48. The zero-order valence-electron chi connectivity index (χ0n) is 17.4. The van der Waals surface area contributed by atoms with Crippen LogP contribution in [0, 0.1) is 19.8 Å². The zero-order chi connectivity index (χ0) is 22.0. The van der Waals surface area contributed by atoms with Gasteiger partial charge in [-0.1, -0.05) is 44.2 Å². The summed E-state index contributed by atoms with van der Waals surface area (Å²) in [6.45, 7) is 6.65. The number of carbonyl (C=O) groups is 4. The highest BCUT2D eigenvalue weighted by molar-refractivity contribution is 6.22. The second-order valence-electron chi connectivity index (χ2n) is 7.64. The number of para-hydroxylation sites is 1. The van der Waals surface area contributed by atoms with Crippen molar-refractivity contribution >= 4 is 29.4 Å². The number of aryl methyl sites for hydroxylation is 2. The average Bonchev–Trinajstić information content (AvgIpc) is 2.95. The maximum Gasteiger partial charge on any atom is 0.330 e. The number of hydrogen-bond donors (Lipinski definition) is 1. The smallest absolute Gasteiger partial charge is 0.330 e. The van der Waals surface area contributed by atoms with Gasteiger partial charge in [-0.3, -0.25) is 19.3 Å². The summed E-state index contributed by atoms with van der Waals surface area (Å²) in [5.41, 5.74) is 2.96. The number of amides is 3. The molecule has 0 fully saturated rings. The molecule has 3 amide bonds. The van der Waals surface area contributed by atoms with Gasteiger partial charge in [0.05, 0.1) is 11.1 Å². The lowest BCUT2D eigenvalue weighted by Crippen LogP contribution is -2.49. The Kier molecular flexibility index (Phi) is 6.01. The summed E-state index contributed by atoms with van der Waals surface area (Å²) in [6.07, 6.45) is 0. The van der Waals surface area contributed by atoms with Crippen LogP contribution in [0.5, 0.6) is 0 Å². The third-order valence-electron chi connectivity index (χ3n) is 5.07. The van der Waals surface area contributed by atoms with Crippen LogP contribution in [0.15, 0.2) is 42.5 Å². The molecular weight excluding hydrogens is 384 g/mol. The van der Waals surface area contributed by atoms with Crippen molar-refractivity contribution in [2.45, 2.75) is 33.7 Å². The van der Waals surface area contributed by atoms with Crippen LogP contribution in [-0.4, -0.2) is 41.2 Å². The monoisotopic (exact) mass is 408 g/mol. The van der Waals surface area contributed by atoms with E-state index >= 15 is 0 Å². The van der Waals surface area contributed by atoms with E-state index in [9.17, 15) is 19.2 Å². The number of ether oxygens (including phenoxy) is 1. The van der Waals surface area contributed by atoms with Gasteiger partial charge in [0.2, 0.25) is 0 Å². The normalized spacial score (nSPS) is 14.0. The first-order chi connectivity index (χ1) is 14.2. The van der Waals surface area contributed by atoms with Gasteiger partial charge in [0.15, 0.2) is 6.61 Å². The van der Waals surface area contributed by atoms with Gasteiger partial charge in [-0.2, -0.15) is 0 Å². The third kappa shape index (κ3) is 3.96. The minimum Gasteiger partial charge on any atom is -0.454 e. The average molecular weight is 408 g/mol. The Morgan fingerprint density at radius 3 is 1.97 bits per heavy atom. The molecule has 0 aliphatic carbocycles. The summed E-state index contributed by atoms with van der Waals surface area (Å²) in [6, 6.07) is 10.9. The van der Waals surface area contributed by atoms with Crippen LogP contribution in [0.25, 0.3) is 0 Å². The maximum atomic E-state index is 12.8. The van der Waals surface area contributed by atoms with Crippen molar-refractivity contribution in [2.24, 2.45) is 5.92 Å². The molecule has 1 aliphatic rings. The molecule has 2 aromatic carbocycles. The molecule has 1 aliphatic heterocycles. The number of esters is 1. The molecule has 0 radical (unpaired) electrons. The molecule has 0 bridgehead atoms. The molecule has 0 aromatic heterocycles. The van der Waals surface area contributed by atoms with E-state index in [1.54, 1.807) is 38.1 Å². The van der Waals surface area contributed by atoms with Gasteiger partial charge in [0.25, 0.3) is 17.7 Å². The van der Waals surface area contributed by atoms with Crippen LogP contribution >= 0.6 is 0 Å². The van der Waals surface area contributed by atoms with Crippen molar-refractivity contribution in [2.75, 3.05) is 11.9 Å². The van der Waals surface area contributed by atoms with E-state index < -0.39 is 36.3 Å². The summed E-state index contributed by atoms with van der Waals surface area (Å²) >= 11 is 0. The fraction of sp³-hybridized carbons (Fsp3) is 0.304. The van der Waals surface area contributed by atoms with Crippen LogP contribution in [0.4, 0.5) is 5.69 Å². The van der Waals surface area contributed by atoms with Gasteiger partial charge in [-0.25, -0.2) is 4.79 Å². The van der Waals surface area contributed by atoms with E-state index in [-0.39, 0.29) is 17.0 Å².